The molecule has 0 aliphatic carbocycles. The quantitative estimate of drug-likeness (QED) is 0.432. The van der Waals surface area contributed by atoms with Gasteiger partial charge in [0.15, 0.2) is 11.5 Å². The lowest BCUT2D eigenvalue weighted by Gasteiger charge is -2.19. The van der Waals surface area contributed by atoms with Crippen LogP contribution in [-0.2, 0) is 6.42 Å². The van der Waals surface area contributed by atoms with Crippen molar-refractivity contribution >= 4 is 24.0 Å². The van der Waals surface area contributed by atoms with Crippen molar-refractivity contribution in [1.82, 2.24) is 0 Å². The molecule has 3 rings (SSSR count). The second-order valence-corrected chi connectivity index (χ2v) is 7.24. The largest absolute Gasteiger partial charge is 0.492 e. The molecule has 0 saturated carbocycles. The van der Waals surface area contributed by atoms with Crippen molar-refractivity contribution in [2.75, 3.05) is 33.2 Å². The zero-order valence-electron chi connectivity index (χ0n) is 19.4. The molecule has 0 aromatic heterocycles. The van der Waals surface area contributed by atoms with Crippen LogP contribution in [-0.4, -0.2) is 33.8 Å². The predicted molar refractivity (Wildman–Crippen MR) is 132 cm³/mol. The summed E-state index contributed by atoms with van der Waals surface area (Å²) in [6.07, 6.45) is 0.750. The molecule has 0 unspecified atom stereocenters. The number of nitrogens with one attached hydrogen (secondary N) is 1. The van der Waals surface area contributed by atoms with Crippen molar-refractivity contribution in [2.45, 2.75) is 13.3 Å². The van der Waals surface area contributed by atoms with Crippen LogP contribution >= 0.6 is 12.4 Å². The Hall–Kier alpha value is -3.49. The summed E-state index contributed by atoms with van der Waals surface area (Å²) in [5.74, 6) is 0.160. The van der Waals surface area contributed by atoms with Crippen molar-refractivity contribution in [3.63, 3.8) is 0 Å². The number of methoxy groups -OCH3 is 3. The average molecular weight is 491 g/mol. The minimum atomic E-state index is -0.597. The van der Waals surface area contributed by atoms with Gasteiger partial charge in [0.05, 0.1) is 32.6 Å². The van der Waals surface area contributed by atoms with Crippen LogP contribution in [0.15, 0.2) is 48.5 Å². The van der Waals surface area contributed by atoms with E-state index in [-0.39, 0.29) is 46.7 Å². The lowest BCUT2D eigenvalue weighted by molar-refractivity contribution is 0.102. The number of ether oxygens (including phenoxy) is 4. The molecule has 0 fully saturated rings. The van der Waals surface area contributed by atoms with Crippen molar-refractivity contribution < 1.29 is 28.1 Å². The summed E-state index contributed by atoms with van der Waals surface area (Å²) in [5.41, 5.74) is 7.61. The normalized spacial score (nSPS) is 10.2. The second-order valence-electron chi connectivity index (χ2n) is 7.24. The van der Waals surface area contributed by atoms with E-state index in [1.165, 1.54) is 33.5 Å². The van der Waals surface area contributed by atoms with Gasteiger partial charge in [0.2, 0.25) is 11.5 Å². The van der Waals surface area contributed by atoms with Gasteiger partial charge in [-0.2, -0.15) is 0 Å². The van der Waals surface area contributed by atoms with E-state index in [0.717, 1.165) is 17.5 Å². The molecule has 0 spiro atoms. The van der Waals surface area contributed by atoms with E-state index >= 15 is 0 Å². The summed E-state index contributed by atoms with van der Waals surface area (Å²) >= 11 is 0. The third kappa shape index (κ3) is 5.89. The lowest BCUT2D eigenvalue weighted by atomic mass is 10.1. The summed E-state index contributed by atoms with van der Waals surface area (Å²) in [4.78, 5) is 13.1. The predicted octanol–water partition coefficient (Wildman–Crippen LogP) is 5.13. The van der Waals surface area contributed by atoms with E-state index < -0.39 is 11.7 Å². The van der Waals surface area contributed by atoms with Crippen LogP contribution in [0.2, 0.25) is 0 Å². The highest BCUT2D eigenvalue weighted by Crippen LogP contribution is 2.48. The first-order valence-corrected chi connectivity index (χ1v) is 10.3. The number of halogens is 2. The Labute approximate surface area is 204 Å². The van der Waals surface area contributed by atoms with Gasteiger partial charge in [0.25, 0.3) is 5.91 Å². The molecular formula is C25H28ClFN2O5. The Morgan fingerprint density at radius 2 is 1.59 bits per heavy atom. The smallest absolute Gasteiger partial charge is 0.259 e. The van der Waals surface area contributed by atoms with Crippen LogP contribution in [0.4, 0.5) is 10.1 Å². The highest BCUT2D eigenvalue weighted by molar-refractivity contribution is 6.07. The average Bonchev–Trinajstić information content (AvgIpc) is 2.81. The van der Waals surface area contributed by atoms with Gasteiger partial charge in [-0.25, -0.2) is 4.39 Å². The fraction of sp³-hybridized carbons (Fsp3) is 0.240. The Morgan fingerprint density at radius 1 is 0.941 bits per heavy atom. The number of hydrogen-bond acceptors (Lipinski definition) is 6. The van der Waals surface area contributed by atoms with Crippen LogP contribution in [0.25, 0.3) is 0 Å². The number of rotatable bonds is 9. The Kier molecular flexibility index (Phi) is 9.53. The number of carbonyl (C=O) groups excluding carboxylic acids is 1. The van der Waals surface area contributed by atoms with Crippen LogP contribution in [0, 0.1) is 12.7 Å². The molecule has 9 heteroatoms. The molecule has 0 atom stereocenters. The third-order valence-corrected chi connectivity index (χ3v) is 4.97. The van der Waals surface area contributed by atoms with Crippen molar-refractivity contribution in [1.29, 1.82) is 0 Å². The van der Waals surface area contributed by atoms with Crippen LogP contribution in [0.1, 0.15) is 21.5 Å². The molecular weight excluding hydrogens is 463 g/mol. The van der Waals surface area contributed by atoms with E-state index in [4.69, 9.17) is 24.7 Å². The lowest BCUT2D eigenvalue weighted by Crippen LogP contribution is -2.15. The van der Waals surface area contributed by atoms with E-state index in [1.54, 1.807) is 31.2 Å². The zero-order valence-corrected chi connectivity index (χ0v) is 20.3. The molecule has 0 aliphatic rings. The topological polar surface area (TPSA) is 92.0 Å². The minimum absolute atomic E-state index is 0. The monoisotopic (exact) mass is 490 g/mol. The van der Waals surface area contributed by atoms with Crippen molar-refractivity contribution in [3.8, 4) is 28.7 Å². The second kappa shape index (κ2) is 12.1. The molecule has 3 aromatic rings. The Balaban J connectivity index is 0.00000408. The minimum Gasteiger partial charge on any atom is -0.492 e. The van der Waals surface area contributed by atoms with Gasteiger partial charge in [-0.15, -0.1) is 12.4 Å². The standard InChI is InChI=1S/C25H27FN2O5.ClH/c1-15-5-10-19(26)20(13-15)28-25(29)18-14-21(23(31-3)24(32-4)22(18)30-2)33-17-8-6-16(7-9-17)11-12-27;/h5-10,13-14H,11-12,27H2,1-4H3,(H,28,29);1H. The van der Waals surface area contributed by atoms with Gasteiger partial charge >= 0.3 is 0 Å². The maximum atomic E-state index is 14.2. The molecule has 3 N–H and O–H groups in total. The van der Waals surface area contributed by atoms with Crippen LogP contribution in [0.3, 0.4) is 0 Å². The first-order chi connectivity index (χ1) is 15.9. The molecule has 0 saturated heterocycles. The number of amides is 1. The van der Waals surface area contributed by atoms with Crippen molar-refractivity contribution in [3.05, 3.63) is 71.0 Å². The number of benzene rings is 3. The highest BCUT2D eigenvalue weighted by atomic mass is 35.5. The van der Waals surface area contributed by atoms with Gasteiger partial charge in [-0.05, 0) is 55.3 Å². The number of aryl methyl sites for hydroxylation is 1. The number of nitrogens with two attached hydrogens (primary N) is 1. The van der Waals surface area contributed by atoms with Gasteiger partial charge in [-0.3, -0.25) is 4.79 Å². The molecule has 34 heavy (non-hydrogen) atoms. The fourth-order valence-corrected chi connectivity index (χ4v) is 3.37. The first-order valence-electron chi connectivity index (χ1n) is 10.3. The molecule has 0 aliphatic heterocycles. The maximum absolute atomic E-state index is 14.2. The molecule has 3 aromatic carbocycles. The van der Waals surface area contributed by atoms with E-state index in [2.05, 4.69) is 5.32 Å². The van der Waals surface area contributed by atoms with E-state index in [9.17, 15) is 9.18 Å². The van der Waals surface area contributed by atoms with E-state index in [0.29, 0.717) is 12.3 Å². The summed E-state index contributed by atoms with van der Waals surface area (Å²) in [7, 11) is 4.28. The number of hydrogen-bond donors (Lipinski definition) is 2. The molecule has 1 amide bonds. The van der Waals surface area contributed by atoms with Crippen LogP contribution < -0.4 is 30.0 Å². The summed E-state index contributed by atoms with van der Waals surface area (Å²) in [5, 5.41) is 2.59. The van der Waals surface area contributed by atoms with Crippen molar-refractivity contribution in [2.24, 2.45) is 5.73 Å². The summed E-state index contributed by atoms with van der Waals surface area (Å²) < 4.78 is 36.6. The zero-order chi connectivity index (χ0) is 24.0. The number of anilines is 1. The van der Waals surface area contributed by atoms with Gasteiger partial charge in [0, 0.05) is 6.07 Å². The van der Waals surface area contributed by atoms with E-state index in [1.807, 2.05) is 12.1 Å². The van der Waals surface area contributed by atoms with Gasteiger partial charge < -0.3 is 30.0 Å². The fourth-order valence-electron chi connectivity index (χ4n) is 3.37. The first kappa shape index (κ1) is 26.8. The summed E-state index contributed by atoms with van der Waals surface area (Å²) in [6, 6.07) is 13.3. The Bertz CT molecular complexity index is 1140. The molecule has 0 bridgehead atoms. The molecule has 0 heterocycles. The van der Waals surface area contributed by atoms with Crippen LogP contribution in [0.5, 0.6) is 28.7 Å². The molecule has 7 nitrogen and oxygen atoms in total. The third-order valence-electron chi connectivity index (χ3n) is 4.97. The van der Waals surface area contributed by atoms with Gasteiger partial charge in [-0.1, -0.05) is 18.2 Å². The molecule has 182 valence electrons. The number of carbonyl (C=O) groups is 1. The molecule has 0 radical (unpaired) electrons. The van der Waals surface area contributed by atoms with Gasteiger partial charge in [0.1, 0.15) is 11.6 Å². The summed E-state index contributed by atoms with van der Waals surface area (Å²) in [6.45, 7) is 2.35. The maximum Gasteiger partial charge on any atom is 0.259 e. The Morgan fingerprint density at radius 3 is 2.18 bits per heavy atom. The highest BCUT2D eigenvalue weighted by Gasteiger charge is 2.26. The SMILES string of the molecule is COc1c(Oc2ccc(CCN)cc2)cc(C(=O)Nc2cc(C)ccc2F)c(OC)c1OC.Cl.